The molecule has 0 bridgehead atoms. The Morgan fingerprint density at radius 3 is 1.79 bits per heavy atom. The second kappa shape index (κ2) is 4.00. The highest BCUT2D eigenvalue weighted by atomic mass is 14.1. The maximum absolute atomic E-state index is 2.26. The highest BCUT2D eigenvalue weighted by Gasteiger charge is 2.06. The fourth-order valence-electron chi connectivity index (χ4n) is 1.81. The van der Waals surface area contributed by atoms with Crippen LogP contribution in [0.25, 0.3) is 0 Å². The number of allylic oxidation sites excluding steroid dienone is 8. The van der Waals surface area contributed by atoms with Gasteiger partial charge >= 0.3 is 0 Å². The van der Waals surface area contributed by atoms with Crippen LogP contribution < -0.4 is 0 Å². The molecule has 76 valence electrons. The van der Waals surface area contributed by atoms with Gasteiger partial charge in [-0.25, -0.2) is 0 Å². The summed E-state index contributed by atoms with van der Waals surface area (Å²) in [6.45, 7) is 13.1. The lowest BCUT2D eigenvalue weighted by Crippen LogP contribution is -1.94. The maximum Gasteiger partial charge on any atom is -0.0392 e. The lowest BCUT2D eigenvalue weighted by Gasteiger charge is -2.14. The Bertz CT molecular complexity index is 363. The topological polar surface area (TPSA) is 0 Å². The molecule has 1 aliphatic rings. The largest absolute Gasteiger partial charge is 0.0561 e. The molecule has 1 aliphatic carbocycles. The van der Waals surface area contributed by atoms with E-state index in [1.54, 1.807) is 0 Å². The molecule has 0 heterocycles. The minimum absolute atomic E-state index is 1.34. The summed E-state index contributed by atoms with van der Waals surface area (Å²) in [4.78, 5) is 0. The number of hydrogen-bond acceptors (Lipinski definition) is 0. The van der Waals surface area contributed by atoms with Gasteiger partial charge in [0.25, 0.3) is 0 Å². The van der Waals surface area contributed by atoms with Gasteiger partial charge in [0.2, 0.25) is 0 Å². The predicted octanol–water partition coefficient (Wildman–Crippen LogP) is 4.57. The molecular formula is C14H20. The second-order valence-electron chi connectivity index (χ2n) is 4.27. The highest BCUT2D eigenvalue weighted by Crippen LogP contribution is 2.26. The first-order valence-electron chi connectivity index (χ1n) is 5.15. The molecule has 0 nitrogen and oxygen atoms in total. The van der Waals surface area contributed by atoms with Crippen molar-refractivity contribution in [2.24, 2.45) is 0 Å². The van der Waals surface area contributed by atoms with E-state index < -0.39 is 0 Å². The molecule has 14 heavy (non-hydrogen) atoms. The molecule has 0 saturated carbocycles. The van der Waals surface area contributed by atoms with Gasteiger partial charge in [-0.3, -0.25) is 0 Å². The minimum Gasteiger partial charge on any atom is -0.0561 e. The van der Waals surface area contributed by atoms with E-state index >= 15 is 0 Å². The Hall–Kier alpha value is -1.04. The van der Waals surface area contributed by atoms with Crippen molar-refractivity contribution >= 4 is 0 Å². The van der Waals surface area contributed by atoms with E-state index in [0.717, 1.165) is 0 Å². The monoisotopic (exact) mass is 188 g/mol. The van der Waals surface area contributed by atoms with Crippen molar-refractivity contribution in [3.05, 3.63) is 45.6 Å². The van der Waals surface area contributed by atoms with Crippen LogP contribution in [0, 0.1) is 0 Å². The third kappa shape index (κ3) is 2.06. The Balaban J connectivity index is 3.40. The Morgan fingerprint density at radius 2 is 1.21 bits per heavy atom. The standard InChI is InChI=1S/C14H20/c1-9-7-10(2)12(4)14(6)13(5)11(3)8-9/h7-8H,1-6H3. The van der Waals surface area contributed by atoms with E-state index in [-0.39, 0.29) is 0 Å². The van der Waals surface area contributed by atoms with E-state index in [2.05, 4.69) is 53.7 Å². The van der Waals surface area contributed by atoms with E-state index in [9.17, 15) is 0 Å². The lowest BCUT2D eigenvalue weighted by molar-refractivity contribution is 1.17. The molecule has 0 aromatic heterocycles. The third-order valence-electron chi connectivity index (χ3n) is 3.20. The Kier molecular flexibility index (Phi) is 3.15. The second-order valence-corrected chi connectivity index (χ2v) is 4.27. The zero-order valence-corrected chi connectivity index (χ0v) is 10.2. The van der Waals surface area contributed by atoms with Gasteiger partial charge < -0.3 is 0 Å². The molecule has 0 spiro atoms. The third-order valence-corrected chi connectivity index (χ3v) is 3.20. The van der Waals surface area contributed by atoms with Crippen LogP contribution in [0.2, 0.25) is 0 Å². The van der Waals surface area contributed by atoms with Crippen molar-refractivity contribution in [2.75, 3.05) is 0 Å². The maximum atomic E-state index is 2.26. The van der Waals surface area contributed by atoms with Crippen LogP contribution in [0.1, 0.15) is 41.5 Å². The molecular weight excluding hydrogens is 168 g/mol. The predicted molar refractivity (Wildman–Crippen MR) is 64.3 cm³/mol. The minimum atomic E-state index is 1.34. The van der Waals surface area contributed by atoms with Crippen LogP contribution >= 0.6 is 0 Å². The molecule has 0 aromatic rings. The molecule has 0 fully saturated rings. The van der Waals surface area contributed by atoms with Crippen LogP contribution in [0.4, 0.5) is 0 Å². The molecule has 0 amide bonds. The van der Waals surface area contributed by atoms with Gasteiger partial charge in [-0.2, -0.15) is 0 Å². The molecule has 0 aliphatic heterocycles. The van der Waals surface area contributed by atoms with Crippen LogP contribution in [0.3, 0.4) is 0 Å². The van der Waals surface area contributed by atoms with Gasteiger partial charge in [-0.05, 0) is 69.4 Å². The van der Waals surface area contributed by atoms with Gasteiger partial charge in [0.15, 0.2) is 0 Å². The first-order chi connectivity index (χ1) is 6.43. The van der Waals surface area contributed by atoms with E-state index in [4.69, 9.17) is 0 Å². The van der Waals surface area contributed by atoms with Crippen LogP contribution in [0.15, 0.2) is 45.6 Å². The lowest BCUT2D eigenvalue weighted by atomic mass is 9.91. The van der Waals surface area contributed by atoms with Gasteiger partial charge in [-0.15, -0.1) is 0 Å². The van der Waals surface area contributed by atoms with E-state index in [1.165, 1.54) is 33.4 Å². The summed E-state index contributed by atoms with van der Waals surface area (Å²) in [5, 5.41) is 0. The van der Waals surface area contributed by atoms with Gasteiger partial charge in [0, 0.05) is 0 Å². The normalized spacial score (nSPS) is 19.0. The summed E-state index contributed by atoms with van der Waals surface area (Å²) < 4.78 is 0. The summed E-state index contributed by atoms with van der Waals surface area (Å²) in [6, 6.07) is 0. The summed E-state index contributed by atoms with van der Waals surface area (Å²) in [6.07, 6.45) is 4.52. The summed E-state index contributed by atoms with van der Waals surface area (Å²) in [5.41, 5.74) is 8.33. The zero-order valence-electron chi connectivity index (χ0n) is 10.2. The Labute approximate surface area is 87.7 Å². The number of rotatable bonds is 0. The first-order valence-corrected chi connectivity index (χ1v) is 5.15. The van der Waals surface area contributed by atoms with Crippen LogP contribution in [-0.2, 0) is 0 Å². The van der Waals surface area contributed by atoms with Crippen molar-refractivity contribution < 1.29 is 0 Å². The zero-order chi connectivity index (χ0) is 10.9. The highest BCUT2D eigenvalue weighted by molar-refractivity contribution is 5.50. The Morgan fingerprint density at radius 1 is 0.643 bits per heavy atom. The average Bonchev–Trinajstić information content (AvgIpc) is 2.12. The number of hydrogen-bond donors (Lipinski definition) is 0. The summed E-state index contributed by atoms with van der Waals surface area (Å²) in [7, 11) is 0. The molecule has 0 atom stereocenters. The van der Waals surface area contributed by atoms with Crippen molar-refractivity contribution in [1.82, 2.24) is 0 Å². The SMILES string of the molecule is CC1=CC(C)=C(C)C(C)=C(C)C(C)=C1. The van der Waals surface area contributed by atoms with Gasteiger partial charge in [0.05, 0.1) is 0 Å². The van der Waals surface area contributed by atoms with Gasteiger partial charge in [0.1, 0.15) is 0 Å². The smallest absolute Gasteiger partial charge is 0.0392 e. The quantitative estimate of drug-likeness (QED) is 0.522. The molecule has 1 rings (SSSR count). The van der Waals surface area contributed by atoms with E-state index in [0.29, 0.717) is 0 Å². The fourth-order valence-corrected chi connectivity index (χ4v) is 1.81. The van der Waals surface area contributed by atoms with Crippen LogP contribution in [-0.4, -0.2) is 0 Å². The molecule has 0 radical (unpaired) electrons. The van der Waals surface area contributed by atoms with Crippen molar-refractivity contribution in [1.29, 1.82) is 0 Å². The van der Waals surface area contributed by atoms with Gasteiger partial charge in [-0.1, -0.05) is 17.7 Å². The average molecular weight is 188 g/mol. The molecule has 0 heteroatoms. The molecule has 0 aromatic carbocycles. The van der Waals surface area contributed by atoms with E-state index in [1.807, 2.05) is 0 Å². The molecule has 0 N–H and O–H groups in total. The first kappa shape index (κ1) is 11.0. The van der Waals surface area contributed by atoms with Crippen molar-refractivity contribution in [3.8, 4) is 0 Å². The summed E-state index contributed by atoms with van der Waals surface area (Å²) in [5.74, 6) is 0. The van der Waals surface area contributed by atoms with Crippen molar-refractivity contribution in [3.63, 3.8) is 0 Å². The molecule has 0 saturated heterocycles. The van der Waals surface area contributed by atoms with Crippen LogP contribution in [0.5, 0.6) is 0 Å². The van der Waals surface area contributed by atoms with Crippen molar-refractivity contribution in [2.45, 2.75) is 41.5 Å². The molecule has 0 unspecified atom stereocenters. The summed E-state index contributed by atoms with van der Waals surface area (Å²) >= 11 is 0. The fraction of sp³-hybridized carbons (Fsp3) is 0.429.